The number of ketones is 1. The highest BCUT2D eigenvalue weighted by atomic mass is 35.5. The molecular weight excluding hydrogens is 559 g/mol. The van der Waals surface area contributed by atoms with E-state index in [2.05, 4.69) is 5.32 Å². The highest BCUT2D eigenvalue weighted by molar-refractivity contribution is 6.30. The lowest BCUT2D eigenvalue weighted by molar-refractivity contribution is -0.161. The molecule has 2 aliphatic heterocycles. The van der Waals surface area contributed by atoms with Crippen molar-refractivity contribution in [3.05, 3.63) is 64.9 Å². The standard InChI is InChI=1S/C30H33ClF3N3O4/c1-2-37(28(40)41-24-9-7-23(32)8-10-24)30(18-35-17-25(30)19-3-5-22(31)6-4-19)26(38)20-11-13-36(14-12-20)27(39)21-15-29(33,34)16-21/h3-10,20-21,25,35H,2,11-18H2,1H3/t25-,30+/m0/s1. The van der Waals surface area contributed by atoms with Crippen LogP contribution in [0.3, 0.4) is 0 Å². The van der Waals surface area contributed by atoms with Gasteiger partial charge in [-0.3, -0.25) is 14.5 Å². The second-order valence-corrected chi connectivity index (χ2v) is 11.6. The number of Topliss-reactive ketones (excluding diaryl/α,β-unsaturated/α-hetero) is 1. The largest absolute Gasteiger partial charge is 0.416 e. The normalized spacial score (nSPS) is 24.5. The first kappa shape index (κ1) is 29.4. The fraction of sp³-hybridized carbons (Fsp3) is 0.500. The summed E-state index contributed by atoms with van der Waals surface area (Å²) in [5.74, 6) is -5.05. The minimum Gasteiger partial charge on any atom is -0.410 e. The molecule has 2 aromatic rings. The molecule has 2 saturated heterocycles. The molecule has 1 N–H and O–H groups in total. The molecule has 0 bridgehead atoms. The molecule has 3 fully saturated rings. The van der Waals surface area contributed by atoms with Gasteiger partial charge in [-0.1, -0.05) is 23.7 Å². The van der Waals surface area contributed by atoms with E-state index in [9.17, 15) is 27.6 Å². The van der Waals surface area contributed by atoms with Crippen LogP contribution in [-0.4, -0.2) is 71.8 Å². The Morgan fingerprint density at radius 2 is 1.66 bits per heavy atom. The number of hydrogen-bond donors (Lipinski definition) is 1. The number of likely N-dealkylation sites (N-methyl/N-ethyl adjacent to an activating group) is 1. The van der Waals surface area contributed by atoms with Crippen LogP contribution in [0.5, 0.6) is 5.75 Å². The minimum absolute atomic E-state index is 0.136. The molecule has 1 aliphatic carbocycles. The SMILES string of the molecule is CCN(C(=O)Oc1ccc(F)cc1)[C@]1(C(=O)C2CCN(C(=O)C3CC(F)(F)C3)CC2)CNC[C@H]1c1ccc(Cl)cc1. The average molecular weight is 592 g/mol. The van der Waals surface area contributed by atoms with Gasteiger partial charge in [0.05, 0.1) is 0 Å². The van der Waals surface area contributed by atoms with Gasteiger partial charge in [0.25, 0.3) is 0 Å². The Labute approximate surface area is 242 Å². The number of amides is 2. The van der Waals surface area contributed by atoms with E-state index < -0.39 is 54.0 Å². The molecular formula is C30H33ClF3N3O4. The van der Waals surface area contributed by atoms with Crippen LogP contribution in [0.1, 0.15) is 44.1 Å². The van der Waals surface area contributed by atoms with E-state index >= 15 is 0 Å². The lowest BCUT2D eigenvalue weighted by Gasteiger charge is -2.46. The smallest absolute Gasteiger partial charge is 0.410 e. The summed E-state index contributed by atoms with van der Waals surface area (Å²) in [4.78, 5) is 44.0. The van der Waals surface area contributed by atoms with Gasteiger partial charge in [0, 0.05) is 68.3 Å². The molecule has 220 valence electrons. The number of piperidine rings is 1. The summed E-state index contributed by atoms with van der Waals surface area (Å²) in [6.07, 6.45) is -0.845. The summed E-state index contributed by atoms with van der Waals surface area (Å²) >= 11 is 6.14. The number of ether oxygens (including phenoxy) is 1. The molecule has 41 heavy (non-hydrogen) atoms. The number of rotatable bonds is 7. The Kier molecular flexibility index (Phi) is 8.34. The molecule has 2 heterocycles. The van der Waals surface area contributed by atoms with Crippen molar-refractivity contribution in [1.82, 2.24) is 15.1 Å². The van der Waals surface area contributed by atoms with Crippen LogP contribution in [0.4, 0.5) is 18.0 Å². The lowest BCUT2D eigenvalue weighted by atomic mass is 9.71. The van der Waals surface area contributed by atoms with Gasteiger partial charge in [-0.25, -0.2) is 18.0 Å². The zero-order valence-electron chi connectivity index (χ0n) is 22.8. The number of nitrogens with zero attached hydrogens (tertiary/aromatic N) is 2. The fourth-order valence-electron chi connectivity index (χ4n) is 6.51. The van der Waals surface area contributed by atoms with Crippen molar-refractivity contribution in [2.75, 3.05) is 32.7 Å². The molecule has 2 amide bonds. The number of halogens is 4. The fourth-order valence-corrected chi connectivity index (χ4v) is 6.63. The Bertz CT molecular complexity index is 1280. The maximum atomic E-state index is 14.6. The summed E-state index contributed by atoms with van der Waals surface area (Å²) in [7, 11) is 0. The van der Waals surface area contributed by atoms with Gasteiger partial charge in [0.1, 0.15) is 17.1 Å². The maximum absolute atomic E-state index is 14.6. The number of benzene rings is 2. The van der Waals surface area contributed by atoms with Crippen molar-refractivity contribution < 1.29 is 32.3 Å². The molecule has 3 aliphatic rings. The summed E-state index contributed by atoms with van der Waals surface area (Å²) in [6, 6.07) is 12.2. The van der Waals surface area contributed by atoms with Crippen molar-refractivity contribution in [1.29, 1.82) is 0 Å². The van der Waals surface area contributed by atoms with E-state index in [-0.39, 0.29) is 30.5 Å². The maximum Gasteiger partial charge on any atom is 0.416 e. The Morgan fingerprint density at radius 3 is 2.24 bits per heavy atom. The van der Waals surface area contributed by atoms with Crippen molar-refractivity contribution in [2.45, 2.75) is 50.0 Å². The molecule has 0 radical (unpaired) electrons. The minimum atomic E-state index is -2.78. The van der Waals surface area contributed by atoms with E-state index in [0.29, 0.717) is 37.5 Å². The summed E-state index contributed by atoms with van der Waals surface area (Å²) in [5.41, 5.74) is -0.466. The van der Waals surface area contributed by atoms with Crippen LogP contribution >= 0.6 is 11.6 Å². The van der Waals surface area contributed by atoms with Crippen molar-refractivity contribution in [2.24, 2.45) is 11.8 Å². The third kappa shape index (κ3) is 5.81. The number of nitrogens with one attached hydrogen (secondary N) is 1. The topological polar surface area (TPSA) is 79.0 Å². The quantitative estimate of drug-likeness (QED) is 0.474. The predicted octanol–water partition coefficient (Wildman–Crippen LogP) is 5.28. The van der Waals surface area contributed by atoms with Gasteiger partial charge in [-0.15, -0.1) is 0 Å². The highest BCUT2D eigenvalue weighted by Gasteiger charge is 2.57. The predicted molar refractivity (Wildman–Crippen MR) is 147 cm³/mol. The third-order valence-corrected chi connectivity index (χ3v) is 8.92. The Balaban J connectivity index is 1.40. The van der Waals surface area contributed by atoms with Crippen LogP contribution in [0.15, 0.2) is 48.5 Å². The molecule has 0 unspecified atom stereocenters. The lowest BCUT2D eigenvalue weighted by Crippen LogP contribution is -2.64. The first-order chi connectivity index (χ1) is 19.5. The Hall–Kier alpha value is -3.11. The Morgan fingerprint density at radius 1 is 1.02 bits per heavy atom. The van der Waals surface area contributed by atoms with Gasteiger partial charge in [0.15, 0.2) is 5.78 Å². The van der Waals surface area contributed by atoms with E-state index in [0.717, 1.165) is 5.56 Å². The molecule has 0 spiro atoms. The van der Waals surface area contributed by atoms with Crippen LogP contribution in [0, 0.1) is 17.7 Å². The second-order valence-electron chi connectivity index (χ2n) is 11.2. The van der Waals surface area contributed by atoms with E-state index in [1.807, 2.05) is 12.1 Å². The molecule has 7 nitrogen and oxygen atoms in total. The molecule has 1 saturated carbocycles. The monoisotopic (exact) mass is 591 g/mol. The molecule has 11 heteroatoms. The third-order valence-electron chi connectivity index (χ3n) is 8.67. The van der Waals surface area contributed by atoms with Gasteiger partial charge < -0.3 is 15.0 Å². The van der Waals surface area contributed by atoms with E-state index in [1.54, 1.807) is 24.0 Å². The number of hydrogen-bond acceptors (Lipinski definition) is 5. The number of likely N-dealkylation sites (tertiary alicyclic amines) is 1. The van der Waals surface area contributed by atoms with Crippen molar-refractivity contribution in [3.8, 4) is 5.75 Å². The van der Waals surface area contributed by atoms with E-state index in [4.69, 9.17) is 16.3 Å². The first-order valence-electron chi connectivity index (χ1n) is 14.0. The summed E-state index contributed by atoms with van der Waals surface area (Å²) in [5, 5.41) is 3.86. The number of carbonyl (C=O) groups excluding carboxylic acids is 3. The zero-order chi connectivity index (χ0) is 29.4. The van der Waals surface area contributed by atoms with Crippen LogP contribution in [0.2, 0.25) is 5.02 Å². The molecule has 2 aromatic carbocycles. The summed E-state index contributed by atoms with van der Waals surface area (Å²) < 4.78 is 45.7. The van der Waals surface area contributed by atoms with Gasteiger partial charge in [-0.2, -0.15) is 0 Å². The van der Waals surface area contributed by atoms with Gasteiger partial charge in [0.2, 0.25) is 11.8 Å². The second kappa shape index (κ2) is 11.6. The number of carbonyl (C=O) groups is 3. The average Bonchev–Trinajstić information content (AvgIpc) is 3.38. The highest BCUT2D eigenvalue weighted by Crippen LogP contribution is 2.45. The van der Waals surface area contributed by atoms with Crippen molar-refractivity contribution >= 4 is 29.4 Å². The number of alkyl halides is 2. The molecule has 2 atom stereocenters. The zero-order valence-corrected chi connectivity index (χ0v) is 23.5. The molecule has 5 rings (SSSR count). The van der Waals surface area contributed by atoms with E-state index in [1.165, 1.54) is 29.2 Å². The van der Waals surface area contributed by atoms with Crippen LogP contribution in [0.25, 0.3) is 0 Å². The van der Waals surface area contributed by atoms with Crippen LogP contribution in [-0.2, 0) is 9.59 Å². The van der Waals surface area contributed by atoms with Gasteiger partial charge in [-0.05, 0) is 61.7 Å². The molecule has 0 aromatic heterocycles. The first-order valence-corrected chi connectivity index (χ1v) is 14.3. The van der Waals surface area contributed by atoms with Crippen LogP contribution < -0.4 is 10.1 Å². The summed E-state index contributed by atoms with van der Waals surface area (Å²) in [6.45, 7) is 3.15. The van der Waals surface area contributed by atoms with Gasteiger partial charge >= 0.3 is 6.09 Å². The van der Waals surface area contributed by atoms with Crippen molar-refractivity contribution in [3.63, 3.8) is 0 Å².